The van der Waals surface area contributed by atoms with E-state index in [1.54, 1.807) is 0 Å². The fourth-order valence-electron chi connectivity index (χ4n) is 2.90. The molecule has 0 aliphatic heterocycles. The minimum Gasteiger partial charge on any atom is -0.352 e. The molecule has 2 N–H and O–H groups in total. The zero-order valence-electron chi connectivity index (χ0n) is 15.8. The van der Waals surface area contributed by atoms with Gasteiger partial charge in [-0.25, -0.2) is 4.68 Å². The number of nitrogens with one attached hydrogen (secondary N) is 2. The Bertz CT molecular complexity index is 978. The van der Waals surface area contributed by atoms with Crippen molar-refractivity contribution in [2.24, 2.45) is 0 Å². The Hall–Kier alpha value is -3.17. The van der Waals surface area contributed by atoms with Crippen molar-refractivity contribution >= 4 is 17.6 Å². The molecule has 1 aliphatic carbocycles. The van der Waals surface area contributed by atoms with E-state index in [0.29, 0.717) is 0 Å². The van der Waals surface area contributed by atoms with E-state index < -0.39 is 23.4 Å². The van der Waals surface area contributed by atoms with Gasteiger partial charge in [-0.2, -0.15) is 18.3 Å². The number of amides is 2. The molecule has 1 aromatic heterocycles. The topological polar surface area (TPSA) is 93.1 Å². The molecular formula is C19H19F3N4O3. The second-order valence-corrected chi connectivity index (χ2v) is 6.86. The van der Waals surface area contributed by atoms with Crippen LogP contribution in [-0.2, 0) is 15.8 Å². The van der Waals surface area contributed by atoms with Crippen molar-refractivity contribution in [1.82, 2.24) is 20.4 Å². The van der Waals surface area contributed by atoms with Crippen molar-refractivity contribution < 1.29 is 27.6 Å². The molecule has 0 radical (unpaired) electrons. The summed E-state index contributed by atoms with van der Waals surface area (Å²) in [4.78, 5) is 36.3. The molecule has 1 fully saturated rings. The van der Waals surface area contributed by atoms with Gasteiger partial charge < -0.3 is 10.6 Å². The molecule has 154 valence electrons. The summed E-state index contributed by atoms with van der Waals surface area (Å²) < 4.78 is 40.1. The smallest absolute Gasteiger partial charge is 0.352 e. The molecular weight excluding hydrogens is 389 g/mol. The maximum Gasteiger partial charge on any atom is 0.416 e. The first kappa shape index (κ1) is 20.6. The third-order valence-electron chi connectivity index (χ3n) is 4.49. The molecule has 1 aliphatic rings. The lowest BCUT2D eigenvalue weighted by molar-refractivity contribution is -0.137. The number of nitrogens with zero attached hydrogens (tertiary/aromatic N) is 2. The fourth-order valence-corrected chi connectivity index (χ4v) is 2.90. The van der Waals surface area contributed by atoms with Gasteiger partial charge in [0, 0.05) is 6.04 Å². The maximum absolute atomic E-state index is 13.0. The molecule has 0 atom stereocenters. The highest BCUT2D eigenvalue weighted by atomic mass is 19.4. The lowest BCUT2D eigenvalue weighted by atomic mass is 10.1. The summed E-state index contributed by atoms with van der Waals surface area (Å²) in [6.45, 7) is 2.64. The first-order valence-electron chi connectivity index (χ1n) is 8.93. The molecule has 3 rings (SSSR count). The number of hydrogen-bond acceptors (Lipinski definition) is 4. The van der Waals surface area contributed by atoms with Gasteiger partial charge in [0.2, 0.25) is 5.91 Å². The number of benzene rings is 1. The minimum absolute atomic E-state index is 0.0116. The van der Waals surface area contributed by atoms with Gasteiger partial charge in [0.15, 0.2) is 0 Å². The van der Waals surface area contributed by atoms with Crippen molar-refractivity contribution in [2.75, 3.05) is 6.54 Å². The third-order valence-corrected chi connectivity index (χ3v) is 4.49. The first-order chi connectivity index (χ1) is 13.6. The molecule has 1 saturated carbocycles. The second kappa shape index (κ2) is 7.69. The van der Waals surface area contributed by atoms with Gasteiger partial charge in [-0.3, -0.25) is 14.4 Å². The van der Waals surface area contributed by atoms with Crippen molar-refractivity contribution in [2.45, 2.75) is 38.9 Å². The van der Waals surface area contributed by atoms with Crippen LogP contribution in [0.5, 0.6) is 0 Å². The number of halogens is 3. The van der Waals surface area contributed by atoms with E-state index >= 15 is 0 Å². The number of aromatic nitrogens is 2. The lowest BCUT2D eigenvalue weighted by Gasteiger charge is -2.10. The van der Waals surface area contributed by atoms with Crippen molar-refractivity contribution in [1.29, 1.82) is 0 Å². The average Bonchev–Trinajstić information content (AvgIpc) is 3.42. The summed E-state index contributed by atoms with van der Waals surface area (Å²) in [6, 6.07) is 4.63. The largest absolute Gasteiger partial charge is 0.416 e. The Labute approximate surface area is 164 Å². The van der Waals surface area contributed by atoms with Crippen LogP contribution in [0.25, 0.3) is 5.69 Å². The van der Waals surface area contributed by atoms with Gasteiger partial charge in [-0.05, 0) is 44.9 Å². The summed E-state index contributed by atoms with van der Waals surface area (Å²) in [7, 11) is 0. The molecule has 0 spiro atoms. The number of ketones is 1. The number of Topliss-reactive ketones (excluding diaryl/α,β-unsaturated/α-hetero) is 1. The SMILES string of the molecule is Cc1nn(-c2cccc(C(F)(F)F)c2)c(C)c1C(=O)C(=O)NCC(=O)NC1CC1. The Balaban J connectivity index is 1.79. The van der Waals surface area contributed by atoms with Crippen LogP contribution in [0, 0.1) is 13.8 Å². The molecule has 0 bridgehead atoms. The van der Waals surface area contributed by atoms with E-state index in [2.05, 4.69) is 15.7 Å². The highest BCUT2D eigenvalue weighted by Gasteiger charge is 2.31. The van der Waals surface area contributed by atoms with Crippen LogP contribution in [0.1, 0.15) is 40.2 Å². The highest BCUT2D eigenvalue weighted by molar-refractivity contribution is 6.43. The zero-order valence-corrected chi connectivity index (χ0v) is 15.8. The molecule has 10 heteroatoms. The van der Waals surface area contributed by atoms with E-state index in [9.17, 15) is 27.6 Å². The van der Waals surface area contributed by atoms with E-state index in [4.69, 9.17) is 0 Å². The third kappa shape index (κ3) is 4.64. The Kier molecular flexibility index (Phi) is 5.45. The Morgan fingerprint density at radius 2 is 1.90 bits per heavy atom. The molecule has 0 saturated heterocycles. The van der Waals surface area contributed by atoms with Crippen LogP contribution in [0.2, 0.25) is 0 Å². The predicted molar refractivity (Wildman–Crippen MR) is 96.5 cm³/mol. The van der Waals surface area contributed by atoms with E-state index in [-0.39, 0.29) is 41.1 Å². The predicted octanol–water partition coefficient (Wildman–Crippen LogP) is 2.09. The van der Waals surface area contributed by atoms with E-state index in [1.165, 1.54) is 30.7 Å². The van der Waals surface area contributed by atoms with Gasteiger partial charge in [0.1, 0.15) is 0 Å². The fraction of sp³-hybridized carbons (Fsp3) is 0.368. The first-order valence-corrected chi connectivity index (χ1v) is 8.93. The Morgan fingerprint density at radius 3 is 2.52 bits per heavy atom. The van der Waals surface area contributed by atoms with Crippen LogP contribution in [-0.4, -0.2) is 40.0 Å². The molecule has 29 heavy (non-hydrogen) atoms. The van der Waals surface area contributed by atoms with Crippen LogP contribution in [0.15, 0.2) is 24.3 Å². The number of carbonyl (C=O) groups excluding carboxylic acids is 3. The van der Waals surface area contributed by atoms with E-state index in [0.717, 1.165) is 25.0 Å². The number of aryl methyl sites for hydroxylation is 1. The van der Waals surface area contributed by atoms with Crippen LogP contribution in [0.4, 0.5) is 13.2 Å². The number of hydrogen-bond donors (Lipinski definition) is 2. The standard InChI is InChI=1S/C19H19F3N4O3/c1-10-16(17(28)18(29)23-9-15(27)24-13-6-7-13)11(2)26(25-10)14-5-3-4-12(8-14)19(20,21)22/h3-5,8,13H,6-7,9H2,1-2H3,(H,23,29)(H,24,27). The number of alkyl halides is 3. The van der Waals surface area contributed by atoms with Gasteiger partial charge in [0.25, 0.3) is 11.7 Å². The number of carbonyl (C=O) groups is 3. The molecule has 7 nitrogen and oxygen atoms in total. The van der Waals surface area contributed by atoms with Crippen LogP contribution in [0.3, 0.4) is 0 Å². The summed E-state index contributed by atoms with van der Waals surface area (Å²) in [5.74, 6) is -2.27. The highest BCUT2D eigenvalue weighted by Crippen LogP contribution is 2.31. The second-order valence-electron chi connectivity index (χ2n) is 6.86. The molecule has 2 aromatic rings. The van der Waals surface area contributed by atoms with Gasteiger partial charge >= 0.3 is 6.18 Å². The average molecular weight is 408 g/mol. The number of rotatable bonds is 6. The summed E-state index contributed by atoms with van der Waals surface area (Å²) >= 11 is 0. The minimum atomic E-state index is -4.52. The quantitative estimate of drug-likeness (QED) is 0.566. The summed E-state index contributed by atoms with van der Waals surface area (Å²) in [5.41, 5.74) is -0.326. The zero-order chi connectivity index (χ0) is 21.3. The summed E-state index contributed by atoms with van der Waals surface area (Å²) in [5, 5.41) is 9.06. The molecule has 1 heterocycles. The lowest BCUT2D eigenvalue weighted by Crippen LogP contribution is -2.40. The van der Waals surface area contributed by atoms with Gasteiger partial charge in [-0.1, -0.05) is 6.07 Å². The Morgan fingerprint density at radius 1 is 1.21 bits per heavy atom. The van der Waals surface area contributed by atoms with Gasteiger partial charge in [0.05, 0.1) is 34.7 Å². The molecule has 0 unspecified atom stereocenters. The van der Waals surface area contributed by atoms with E-state index in [1.807, 2.05) is 0 Å². The van der Waals surface area contributed by atoms with Crippen molar-refractivity contribution in [3.05, 3.63) is 46.8 Å². The van der Waals surface area contributed by atoms with Crippen LogP contribution >= 0.6 is 0 Å². The van der Waals surface area contributed by atoms with Gasteiger partial charge in [-0.15, -0.1) is 0 Å². The molecule has 2 amide bonds. The molecule has 1 aromatic carbocycles. The van der Waals surface area contributed by atoms with Crippen molar-refractivity contribution in [3.63, 3.8) is 0 Å². The summed E-state index contributed by atoms with van der Waals surface area (Å²) in [6.07, 6.45) is -2.73. The maximum atomic E-state index is 13.0. The van der Waals surface area contributed by atoms with Crippen molar-refractivity contribution in [3.8, 4) is 5.69 Å². The monoisotopic (exact) mass is 408 g/mol. The van der Waals surface area contributed by atoms with Crippen LogP contribution < -0.4 is 10.6 Å². The normalized spacial score (nSPS) is 13.8.